The van der Waals surface area contributed by atoms with Crippen molar-refractivity contribution in [3.05, 3.63) is 11.3 Å². The highest BCUT2D eigenvalue weighted by Crippen LogP contribution is 2.24. The van der Waals surface area contributed by atoms with Crippen LogP contribution in [0.15, 0.2) is 11.3 Å². The highest BCUT2D eigenvalue weighted by atomic mass is 28.3. The Morgan fingerprint density at radius 2 is 2.20 bits per heavy atom. The van der Waals surface area contributed by atoms with E-state index in [4.69, 9.17) is 0 Å². The van der Waals surface area contributed by atoms with Crippen molar-refractivity contribution in [1.29, 1.82) is 0 Å². The van der Waals surface area contributed by atoms with E-state index < -0.39 is 0 Å². The lowest BCUT2D eigenvalue weighted by Crippen LogP contribution is -2.13. The molecule has 0 amide bonds. The summed E-state index contributed by atoms with van der Waals surface area (Å²) in [6.45, 7) is 7.17. The van der Waals surface area contributed by atoms with E-state index in [1.165, 1.54) is 19.3 Å². The Morgan fingerprint density at radius 1 is 1.50 bits per heavy atom. The van der Waals surface area contributed by atoms with Crippen LogP contribution in [-0.2, 0) is 0 Å². The molecule has 0 nitrogen and oxygen atoms in total. The van der Waals surface area contributed by atoms with Crippen LogP contribution in [0.25, 0.3) is 0 Å². The van der Waals surface area contributed by atoms with Gasteiger partial charge in [-0.1, -0.05) is 31.3 Å². The number of hydrogen-bond acceptors (Lipinski definition) is 0. The Balaban J connectivity index is 2.51. The molecular formula is C9H17Si. The molecule has 1 heteroatoms. The normalized spacial score (nSPS) is 26.8. The number of allylic oxidation sites excluding steroid dienone is 2. The number of hydrogen-bond donors (Lipinski definition) is 0. The summed E-state index contributed by atoms with van der Waals surface area (Å²) in [4.78, 5) is 0. The molecule has 0 N–H and O–H groups in total. The van der Waals surface area contributed by atoms with Gasteiger partial charge in [-0.05, 0) is 25.2 Å². The van der Waals surface area contributed by atoms with Crippen molar-refractivity contribution in [2.75, 3.05) is 0 Å². The molecule has 0 aromatic carbocycles. The molecule has 0 aromatic rings. The molecule has 0 heterocycles. The van der Waals surface area contributed by atoms with E-state index >= 15 is 0 Å². The van der Waals surface area contributed by atoms with E-state index in [2.05, 4.69) is 26.1 Å². The summed E-state index contributed by atoms with van der Waals surface area (Å²) in [5, 5.41) is 1.78. The van der Waals surface area contributed by atoms with Crippen LogP contribution in [-0.4, -0.2) is 8.80 Å². The average molecular weight is 153 g/mol. The third kappa shape index (κ3) is 1.98. The quantitative estimate of drug-likeness (QED) is 0.508. The predicted molar refractivity (Wildman–Crippen MR) is 48.6 cm³/mol. The lowest BCUT2D eigenvalue weighted by atomic mass is 9.96. The maximum absolute atomic E-state index is 2.48. The van der Waals surface area contributed by atoms with Gasteiger partial charge in [0.05, 0.1) is 8.80 Å². The van der Waals surface area contributed by atoms with Crippen LogP contribution in [0.4, 0.5) is 0 Å². The van der Waals surface area contributed by atoms with Gasteiger partial charge in [0.2, 0.25) is 0 Å². The van der Waals surface area contributed by atoms with Gasteiger partial charge in [-0.2, -0.15) is 0 Å². The lowest BCUT2D eigenvalue weighted by Gasteiger charge is -2.20. The molecule has 0 aliphatic heterocycles. The second kappa shape index (κ2) is 3.38. The molecule has 0 aromatic heterocycles. The fraction of sp³-hybridized carbons (Fsp3) is 0.778. The minimum Gasteiger partial charge on any atom is -0.0894 e. The Labute approximate surface area is 65.9 Å². The lowest BCUT2D eigenvalue weighted by molar-refractivity contribution is 0.520. The molecule has 1 aliphatic rings. The summed E-state index contributed by atoms with van der Waals surface area (Å²) in [7, 11) is -0.107. The second-order valence-corrected chi connectivity index (χ2v) is 6.26. The van der Waals surface area contributed by atoms with Crippen LogP contribution < -0.4 is 0 Å². The zero-order valence-corrected chi connectivity index (χ0v) is 8.28. The predicted octanol–water partition coefficient (Wildman–Crippen LogP) is 3.03. The first-order valence-electron chi connectivity index (χ1n) is 4.19. The van der Waals surface area contributed by atoms with Crippen molar-refractivity contribution < 1.29 is 0 Å². The van der Waals surface area contributed by atoms with Crippen molar-refractivity contribution >= 4 is 8.80 Å². The minimum atomic E-state index is -0.107. The van der Waals surface area contributed by atoms with Gasteiger partial charge < -0.3 is 0 Å². The van der Waals surface area contributed by atoms with Gasteiger partial charge in [0.25, 0.3) is 0 Å². The van der Waals surface area contributed by atoms with Crippen LogP contribution in [0.2, 0.25) is 13.1 Å². The molecule has 1 rings (SSSR count). The monoisotopic (exact) mass is 153 g/mol. The smallest absolute Gasteiger partial charge is 0.0732 e. The van der Waals surface area contributed by atoms with Crippen LogP contribution in [0.3, 0.4) is 0 Å². The standard InChI is InChI=1S/C9H17Si/c1-8-5-4-6-9(7-8)10(2)3/h6,8H,4-5,7H2,1-3H3. The molecule has 0 saturated heterocycles. The summed E-state index contributed by atoms with van der Waals surface area (Å²) in [5.74, 6) is 0.958. The molecule has 0 spiro atoms. The van der Waals surface area contributed by atoms with Crippen molar-refractivity contribution in [1.82, 2.24) is 0 Å². The summed E-state index contributed by atoms with van der Waals surface area (Å²) < 4.78 is 0. The molecule has 1 unspecified atom stereocenters. The molecule has 57 valence electrons. The minimum absolute atomic E-state index is 0.107. The topological polar surface area (TPSA) is 0 Å². The third-order valence-corrected chi connectivity index (χ3v) is 3.95. The Hall–Kier alpha value is -0.0431. The van der Waals surface area contributed by atoms with Gasteiger partial charge in [0, 0.05) is 0 Å². The molecule has 1 aliphatic carbocycles. The van der Waals surface area contributed by atoms with E-state index in [1.807, 2.05) is 0 Å². The molecule has 0 bridgehead atoms. The van der Waals surface area contributed by atoms with Crippen LogP contribution in [0.5, 0.6) is 0 Å². The fourth-order valence-electron chi connectivity index (χ4n) is 1.51. The van der Waals surface area contributed by atoms with E-state index in [-0.39, 0.29) is 8.80 Å². The highest BCUT2D eigenvalue weighted by molar-refractivity contribution is 6.64. The summed E-state index contributed by atoms with van der Waals surface area (Å²) in [6, 6.07) is 0. The molecule has 0 fully saturated rings. The first-order valence-corrected chi connectivity index (χ1v) is 6.69. The number of rotatable bonds is 1. The SMILES string of the molecule is CC1CCC=C([Si](C)C)C1. The van der Waals surface area contributed by atoms with Gasteiger partial charge in [0.1, 0.15) is 0 Å². The van der Waals surface area contributed by atoms with Crippen LogP contribution in [0.1, 0.15) is 26.2 Å². The largest absolute Gasteiger partial charge is 0.0894 e. The third-order valence-electron chi connectivity index (χ3n) is 2.26. The van der Waals surface area contributed by atoms with Crippen molar-refractivity contribution in [3.63, 3.8) is 0 Å². The molecular weight excluding hydrogens is 136 g/mol. The van der Waals surface area contributed by atoms with E-state index in [1.54, 1.807) is 5.20 Å². The van der Waals surface area contributed by atoms with Gasteiger partial charge in [-0.25, -0.2) is 0 Å². The first-order chi connectivity index (χ1) is 4.70. The van der Waals surface area contributed by atoms with Gasteiger partial charge in [-0.15, -0.1) is 0 Å². The zero-order valence-electron chi connectivity index (χ0n) is 7.28. The Morgan fingerprint density at radius 3 is 2.60 bits per heavy atom. The van der Waals surface area contributed by atoms with E-state index in [0.29, 0.717) is 0 Å². The summed E-state index contributed by atoms with van der Waals surface area (Å²) >= 11 is 0. The first kappa shape index (κ1) is 8.06. The van der Waals surface area contributed by atoms with Crippen LogP contribution >= 0.6 is 0 Å². The van der Waals surface area contributed by atoms with Gasteiger partial charge in [0.15, 0.2) is 0 Å². The molecule has 0 saturated carbocycles. The van der Waals surface area contributed by atoms with Gasteiger partial charge >= 0.3 is 0 Å². The Kier molecular flexibility index (Phi) is 2.72. The van der Waals surface area contributed by atoms with E-state index in [0.717, 1.165) is 5.92 Å². The highest BCUT2D eigenvalue weighted by Gasteiger charge is 2.13. The van der Waals surface area contributed by atoms with Crippen molar-refractivity contribution in [2.45, 2.75) is 39.3 Å². The second-order valence-electron chi connectivity index (χ2n) is 3.62. The molecule has 1 atom stereocenters. The summed E-state index contributed by atoms with van der Waals surface area (Å²) in [6.07, 6.45) is 6.63. The van der Waals surface area contributed by atoms with Crippen molar-refractivity contribution in [2.24, 2.45) is 5.92 Å². The zero-order chi connectivity index (χ0) is 7.56. The van der Waals surface area contributed by atoms with Gasteiger partial charge in [-0.3, -0.25) is 0 Å². The average Bonchev–Trinajstić information content (AvgIpc) is 1.88. The molecule has 1 radical (unpaired) electrons. The Bertz CT molecular complexity index is 136. The van der Waals surface area contributed by atoms with Crippen molar-refractivity contribution in [3.8, 4) is 0 Å². The fourth-order valence-corrected chi connectivity index (χ4v) is 2.82. The van der Waals surface area contributed by atoms with Crippen LogP contribution in [0, 0.1) is 5.92 Å². The van der Waals surface area contributed by atoms with E-state index in [9.17, 15) is 0 Å². The maximum Gasteiger partial charge on any atom is 0.0732 e. The summed E-state index contributed by atoms with van der Waals surface area (Å²) in [5.41, 5.74) is 0. The molecule has 10 heavy (non-hydrogen) atoms. The maximum atomic E-state index is 2.48.